The van der Waals surface area contributed by atoms with E-state index < -0.39 is 5.25 Å². The topological polar surface area (TPSA) is 81.9 Å². The van der Waals surface area contributed by atoms with E-state index in [0.29, 0.717) is 27.4 Å². The number of anilines is 1. The van der Waals surface area contributed by atoms with Gasteiger partial charge in [-0.15, -0.1) is 10.2 Å². The van der Waals surface area contributed by atoms with E-state index in [4.69, 9.17) is 16.3 Å². The number of amides is 1. The van der Waals surface area contributed by atoms with Crippen LogP contribution in [0.3, 0.4) is 0 Å². The highest BCUT2D eigenvalue weighted by atomic mass is 35.5. The van der Waals surface area contributed by atoms with Gasteiger partial charge in [0.25, 0.3) is 0 Å². The highest BCUT2D eigenvalue weighted by Gasteiger charge is 2.23. The van der Waals surface area contributed by atoms with E-state index >= 15 is 0 Å². The molecule has 2 heterocycles. The van der Waals surface area contributed by atoms with Gasteiger partial charge in [-0.1, -0.05) is 41.6 Å². The minimum Gasteiger partial charge on any atom is -0.495 e. The molecule has 7 nitrogen and oxygen atoms in total. The lowest BCUT2D eigenvalue weighted by molar-refractivity contribution is -0.115. The van der Waals surface area contributed by atoms with Crippen molar-refractivity contribution in [2.45, 2.75) is 24.3 Å². The first-order chi connectivity index (χ1) is 16.0. The molecule has 0 aliphatic carbocycles. The van der Waals surface area contributed by atoms with Gasteiger partial charge >= 0.3 is 0 Å². The van der Waals surface area contributed by atoms with Gasteiger partial charge in [0.2, 0.25) is 5.91 Å². The van der Waals surface area contributed by atoms with E-state index in [1.54, 1.807) is 37.7 Å². The van der Waals surface area contributed by atoms with Crippen LogP contribution in [0, 0.1) is 6.92 Å². The van der Waals surface area contributed by atoms with Crippen LogP contribution in [-0.4, -0.2) is 38.0 Å². The summed E-state index contributed by atoms with van der Waals surface area (Å²) in [5.74, 6) is 1.01. The molecule has 1 N–H and O–H groups in total. The monoisotopic (exact) mass is 479 g/mol. The number of thioether (sulfide) groups is 1. The Bertz CT molecular complexity index is 1280. The van der Waals surface area contributed by atoms with Crippen molar-refractivity contribution in [3.05, 3.63) is 77.6 Å². The Balaban J connectivity index is 1.66. The lowest BCUT2D eigenvalue weighted by Crippen LogP contribution is -2.23. The van der Waals surface area contributed by atoms with Crippen LogP contribution in [0.1, 0.15) is 12.5 Å². The molecule has 0 radical (unpaired) electrons. The number of aryl methyl sites for hydroxylation is 1. The average Bonchev–Trinajstić information content (AvgIpc) is 3.23. The quantitative estimate of drug-likeness (QED) is 0.356. The normalized spacial score (nSPS) is 11.8. The molecule has 0 aliphatic rings. The van der Waals surface area contributed by atoms with Crippen LogP contribution in [0.15, 0.2) is 72.1 Å². The third-order valence-corrected chi connectivity index (χ3v) is 6.28. The smallest absolute Gasteiger partial charge is 0.237 e. The maximum Gasteiger partial charge on any atom is 0.237 e. The summed E-state index contributed by atoms with van der Waals surface area (Å²) in [5.41, 5.74) is 3.41. The minimum absolute atomic E-state index is 0.203. The van der Waals surface area contributed by atoms with Crippen LogP contribution >= 0.6 is 23.4 Å². The molecule has 1 amide bonds. The van der Waals surface area contributed by atoms with Crippen molar-refractivity contribution in [3.63, 3.8) is 0 Å². The van der Waals surface area contributed by atoms with Crippen molar-refractivity contribution in [2.24, 2.45) is 0 Å². The highest BCUT2D eigenvalue weighted by Crippen LogP contribution is 2.33. The number of hydrogen-bond donors (Lipinski definition) is 1. The number of aromatic nitrogens is 4. The number of carbonyl (C=O) groups is 1. The highest BCUT2D eigenvalue weighted by molar-refractivity contribution is 8.00. The number of benzene rings is 2. The Labute approximate surface area is 201 Å². The second kappa shape index (κ2) is 10.1. The van der Waals surface area contributed by atoms with Gasteiger partial charge in [-0.05, 0) is 55.8 Å². The third kappa shape index (κ3) is 5.02. The molecule has 2 aromatic heterocycles. The molecular formula is C24H22ClN5O2S. The summed E-state index contributed by atoms with van der Waals surface area (Å²) in [6, 6.07) is 16.8. The number of nitrogens with one attached hydrogen (secondary N) is 1. The molecule has 0 fully saturated rings. The number of methoxy groups -OCH3 is 1. The van der Waals surface area contributed by atoms with Gasteiger partial charge < -0.3 is 10.1 Å². The largest absolute Gasteiger partial charge is 0.495 e. The van der Waals surface area contributed by atoms with Crippen molar-refractivity contribution >= 4 is 35.0 Å². The van der Waals surface area contributed by atoms with Gasteiger partial charge in [0.1, 0.15) is 5.75 Å². The summed E-state index contributed by atoms with van der Waals surface area (Å²) in [4.78, 5) is 17.1. The Morgan fingerprint density at radius 1 is 1.12 bits per heavy atom. The Morgan fingerprint density at radius 2 is 1.88 bits per heavy atom. The Hall–Kier alpha value is -3.36. The standard InChI is InChI=1S/C24H22ClN5O2S/c1-15-6-4-5-7-20(15)30-22(17-10-12-26-13-11-17)28-29-24(30)33-16(2)23(31)27-19-14-18(25)8-9-21(19)32-3/h4-14,16H,1-3H3,(H,27,31). The SMILES string of the molecule is COc1ccc(Cl)cc1NC(=O)C(C)Sc1nnc(-c2ccncc2)n1-c1ccccc1C. The number of nitrogens with zero attached hydrogens (tertiary/aromatic N) is 4. The fourth-order valence-corrected chi connectivity index (χ4v) is 4.32. The van der Waals surface area contributed by atoms with Crippen molar-refractivity contribution < 1.29 is 9.53 Å². The van der Waals surface area contributed by atoms with Crippen LogP contribution < -0.4 is 10.1 Å². The third-order valence-electron chi connectivity index (χ3n) is 5.00. The molecule has 0 bridgehead atoms. The molecule has 9 heteroatoms. The minimum atomic E-state index is -0.467. The number of para-hydroxylation sites is 1. The van der Waals surface area contributed by atoms with E-state index in [2.05, 4.69) is 20.5 Å². The predicted octanol–water partition coefficient (Wildman–Crippen LogP) is 5.42. The number of halogens is 1. The molecular weight excluding hydrogens is 458 g/mol. The first-order valence-electron chi connectivity index (χ1n) is 10.2. The molecule has 4 rings (SSSR count). The second-order valence-electron chi connectivity index (χ2n) is 7.26. The predicted molar refractivity (Wildman–Crippen MR) is 131 cm³/mol. The van der Waals surface area contributed by atoms with Crippen LogP contribution in [0.5, 0.6) is 5.75 Å². The molecule has 4 aromatic rings. The summed E-state index contributed by atoms with van der Waals surface area (Å²) >= 11 is 7.42. The summed E-state index contributed by atoms with van der Waals surface area (Å²) in [6.07, 6.45) is 3.43. The number of ether oxygens (including phenoxy) is 1. The Morgan fingerprint density at radius 3 is 2.61 bits per heavy atom. The van der Waals surface area contributed by atoms with Crippen molar-refractivity contribution in [1.29, 1.82) is 0 Å². The maximum absolute atomic E-state index is 13.0. The molecule has 0 saturated carbocycles. The Kier molecular flexibility index (Phi) is 6.96. The van der Waals surface area contributed by atoms with Crippen LogP contribution in [0.25, 0.3) is 17.1 Å². The molecule has 1 unspecified atom stereocenters. The molecule has 0 saturated heterocycles. The van der Waals surface area contributed by atoms with Gasteiger partial charge in [-0.2, -0.15) is 0 Å². The second-order valence-corrected chi connectivity index (χ2v) is 9.00. The number of pyridine rings is 1. The summed E-state index contributed by atoms with van der Waals surface area (Å²) in [7, 11) is 1.54. The van der Waals surface area contributed by atoms with Gasteiger partial charge in [0.15, 0.2) is 11.0 Å². The van der Waals surface area contributed by atoms with Crippen molar-refractivity contribution in [3.8, 4) is 22.8 Å². The molecule has 2 aromatic carbocycles. The summed E-state index contributed by atoms with van der Waals surface area (Å²) < 4.78 is 7.30. The first-order valence-corrected chi connectivity index (χ1v) is 11.5. The zero-order valence-corrected chi connectivity index (χ0v) is 19.9. The zero-order chi connectivity index (χ0) is 23.4. The number of hydrogen-bond acceptors (Lipinski definition) is 6. The van der Waals surface area contributed by atoms with Gasteiger partial charge in [-0.25, -0.2) is 0 Å². The van der Waals surface area contributed by atoms with E-state index in [0.717, 1.165) is 16.8 Å². The van der Waals surface area contributed by atoms with Gasteiger partial charge in [-0.3, -0.25) is 14.3 Å². The molecule has 33 heavy (non-hydrogen) atoms. The molecule has 168 valence electrons. The molecule has 0 spiro atoms. The summed E-state index contributed by atoms with van der Waals surface area (Å²) in [5, 5.41) is 12.4. The van der Waals surface area contributed by atoms with Gasteiger partial charge in [0, 0.05) is 23.0 Å². The van der Waals surface area contributed by atoms with Crippen LogP contribution in [-0.2, 0) is 4.79 Å². The van der Waals surface area contributed by atoms with Gasteiger partial charge in [0.05, 0.1) is 23.7 Å². The molecule has 0 aliphatic heterocycles. The fraction of sp³-hybridized carbons (Fsp3) is 0.167. The van der Waals surface area contributed by atoms with Crippen molar-refractivity contribution in [1.82, 2.24) is 19.7 Å². The van der Waals surface area contributed by atoms with Crippen molar-refractivity contribution in [2.75, 3.05) is 12.4 Å². The maximum atomic E-state index is 13.0. The molecule has 1 atom stereocenters. The lowest BCUT2D eigenvalue weighted by Gasteiger charge is -2.16. The summed E-state index contributed by atoms with van der Waals surface area (Å²) in [6.45, 7) is 3.85. The first kappa shape index (κ1) is 22.8. The number of carbonyl (C=O) groups excluding carboxylic acids is 1. The van der Waals surface area contributed by atoms with E-state index in [1.807, 2.05) is 54.8 Å². The fourth-order valence-electron chi connectivity index (χ4n) is 3.29. The number of rotatable bonds is 7. The average molecular weight is 480 g/mol. The van der Waals surface area contributed by atoms with E-state index in [1.165, 1.54) is 11.8 Å². The van der Waals surface area contributed by atoms with Crippen LogP contribution in [0.2, 0.25) is 5.02 Å². The zero-order valence-electron chi connectivity index (χ0n) is 18.3. The lowest BCUT2D eigenvalue weighted by atomic mass is 10.2. The van der Waals surface area contributed by atoms with Crippen LogP contribution in [0.4, 0.5) is 5.69 Å². The van der Waals surface area contributed by atoms with E-state index in [-0.39, 0.29) is 5.91 Å². The van der Waals surface area contributed by atoms with E-state index in [9.17, 15) is 4.79 Å².